The van der Waals surface area contributed by atoms with Crippen molar-refractivity contribution >= 4 is 23.2 Å². The van der Waals surface area contributed by atoms with Gasteiger partial charge in [0.2, 0.25) is 0 Å². The number of benzene rings is 1. The van der Waals surface area contributed by atoms with Crippen LogP contribution in [0, 0.1) is 5.41 Å². The molecular formula is C15H23Cl2N. The topological polar surface area (TPSA) is 12.0 Å². The van der Waals surface area contributed by atoms with Gasteiger partial charge in [-0.2, -0.15) is 0 Å². The van der Waals surface area contributed by atoms with Crippen LogP contribution < -0.4 is 5.32 Å². The van der Waals surface area contributed by atoms with Crippen LogP contribution in [0.15, 0.2) is 18.2 Å². The molecule has 0 saturated carbocycles. The maximum Gasteiger partial charge on any atom is 0.0595 e. The van der Waals surface area contributed by atoms with Crippen molar-refractivity contribution in [3.05, 3.63) is 33.8 Å². The molecule has 0 saturated heterocycles. The Bertz CT molecular complexity index is 388. The molecule has 0 amide bonds. The lowest BCUT2D eigenvalue weighted by Gasteiger charge is -2.28. The number of nitrogens with one attached hydrogen (secondary N) is 1. The Morgan fingerprint density at radius 3 is 2.44 bits per heavy atom. The SMILES string of the molecule is CCNC(C)CC(C)(C)Cc1ccc(Cl)c(Cl)c1. The fourth-order valence-electron chi connectivity index (χ4n) is 2.52. The zero-order chi connectivity index (χ0) is 13.8. The minimum atomic E-state index is 0.249. The third-order valence-electron chi connectivity index (χ3n) is 3.08. The normalized spacial score (nSPS) is 13.7. The predicted octanol–water partition coefficient (Wildman–Crippen LogP) is 4.95. The zero-order valence-electron chi connectivity index (χ0n) is 11.7. The summed E-state index contributed by atoms with van der Waals surface area (Å²) in [4.78, 5) is 0. The predicted molar refractivity (Wildman–Crippen MR) is 81.7 cm³/mol. The molecule has 1 rings (SSSR count). The first-order valence-corrected chi connectivity index (χ1v) is 7.27. The van der Waals surface area contributed by atoms with Crippen LogP contribution in [0.4, 0.5) is 0 Å². The van der Waals surface area contributed by atoms with Crippen molar-refractivity contribution in [3.8, 4) is 0 Å². The summed E-state index contributed by atoms with van der Waals surface area (Å²) in [6.45, 7) is 9.99. The van der Waals surface area contributed by atoms with Crippen LogP contribution in [0.2, 0.25) is 10.0 Å². The summed E-state index contributed by atoms with van der Waals surface area (Å²) in [5, 5.41) is 4.73. The molecule has 0 aromatic heterocycles. The molecule has 1 nitrogen and oxygen atoms in total. The van der Waals surface area contributed by atoms with E-state index in [1.807, 2.05) is 12.1 Å². The molecule has 0 spiro atoms. The maximum absolute atomic E-state index is 6.05. The van der Waals surface area contributed by atoms with E-state index in [0.717, 1.165) is 19.4 Å². The first-order valence-electron chi connectivity index (χ1n) is 6.51. The first kappa shape index (κ1) is 15.8. The molecule has 102 valence electrons. The van der Waals surface area contributed by atoms with Gasteiger partial charge in [-0.3, -0.25) is 0 Å². The highest BCUT2D eigenvalue weighted by atomic mass is 35.5. The molecule has 0 fully saturated rings. The fraction of sp³-hybridized carbons (Fsp3) is 0.600. The van der Waals surface area contributed by atoms with E-state index in [9.17, 15) is 0 Å². The summed E-state index contributed by atoms with van der Waals surface area (Å²) < 4.78 is 0. The van der Waals surface area contributed by atoms with Crippen molar-refractivity contribution in [2.24, 2.45) is 5.41 Å². The van der Waals surface area contributed by atoms with E-state index in [0.29, 0.717) is 16.1 Å². The van der Waals surface area contributed by atoms with Crippen molar-refractivity contribution in [2.75, 3.05) is 6.54 Å². The second kappa shape index (κ2) is 6.79. The van der Waals surface area contributed by atoms with Crippen molar-refractivity contribution in [1.29, 1.82) is 0 Å². The van der Waals surface area contributed by atoms with Crippen molar-refractivity contribution in [1.82, 2.24) is 5.32 Å². The summed E-state index contributed by atoms with van der Waals surface area (Å²) in [7, 11) is 0. The summed E-state index contributed by atoms with van der Waals surface area (Å²) in [6, 6.07) is 6.45. The van der Waals surface area contributed by atoms with E-state index in [2.05, 4.69) is 39.1 Å². The summed E-state index contributed by atoms with van der Waals surface area (Å²) >= 11 is 12.0. The average Bonchev–Trinajstić information content (AvgIpc) is 2.22. The summed E-state index contributed by atoms with van der Waals surface area (Å²) in [5.74, 6) is 0. The van der Waals surface area contributed by atoms with Crippen molar-refractivity contribution in [3.63, 3.8) is 0 Å². The zero-order valence-corrected chi connectivity index (χ0v) is 13.2. The monoisotopic (exact) mass is 287 g/mol. The maximum atomic E-state index is 6.05. The Morgan fingerprint density at radius 2 is 1.89 bits per heavy atom. The number of hydrogen-bond acceptors (Lipinski definition) is 1. The number of rotatable bonds is 6. The molecule has 1 aromatic rings. The van der Waals surface area contributed by atoms with Crippen LogP contribution in [0.3, 0.4) is 0 Å². The molecule has 1 unspecified atom stereocenters. The van der Waals surface area contributed by atoms with Crippen molar-refractivity contribution < 1.29 is 0 Å². The summed E-state index contributed by atoms with van der Waals surface area (Å²) in [5.41, 5.74) is 1.50. The van der Waals surface area contributed by atoms with Crippen LogP contribution in [-0.2, 0) is 6.42 Å². The molecule has 0 aliphatic heterocycles. The van der Waals surface area contributed by atoms with E-state index < -0.39 is 0 Å². The minimum Gasteiger partial charge on any atom is -0.315 e. The van der Waals surface area contributed by atoms with Gasteiger partial charge in [0.15, 0.2) is 0 Å². The van der Waals surface area contributed by atoms with Gasteiger partial charge in [-0.25, -0.2) is 0 Å². The van der Waals surface area contributed by atoms with Gasteiger partial charge >= 0.3 is 0 Å². The largest absolute Gasteiger partial charge is 0.315 e. The molecule has 1 atom stereocenters. The molecular weight excluding hydrogens is 265 g/mol. The molecule has 0 aliphatic carbocycles. The second-order valence-electron chi connectivity index (χ2n) is 5.75. The second-order valence-corrected chi connectivity index (χ2v) is 6.57. The Balaban J connectivity index is 2.66. The highest BCUT2D eigenvalue weighted by Crippen LogP contribution is 2.30. The van der Waals surface area contributed by atoms with Crippen LogP contribution in [-0.4, -0.2) is 12.6 Å². The Labute approximate surface area is 121 Å². The van der Waals surface area contributed by atoms with Gasteiger partial charge in [0.05, 0.1) is 10.0 Å². The van der Waals surface area contributed by atoms with Gasteiger partial charge in [0.1, 0.15) is 0 Å². The van der Waals surface area contributed by atoms with Gasteiger partial charge in [-0.1, -0.05) is 50.0 Å². The third kappa shape index (κ3) is 5.17. The Hall–Kier alpha value is -0.240. The van der Waals surface area contributed by atoms with Crippen LogP contribution in [0.5, 0.6) is 0 Å². The lowest BCUT2D eigenvalue weighted by molar-refractivity contribution is 0.289. The number of halogens is 2. The van der Waals surface area contributed by atoms with Gasteiger partial charge in [0.25, 0.3) is 0 Å². The standard InChI is InChI=1S/C15H23Cl2N/c1-5-18-11(2)9-15(3,4)10-12-6-7-13(16)14(17)8-12/h6-8,11,18H,5,9-10H2,1-4H3. The average molecular weight is 288 g/mol. The van der Waals surface area contributed by atoms with Gasteiger partial charge < -0.3 is 5.32 Å². The lowest BCUT2D eigenvalue weighted by Crippen LogP contribution is -2.32. The lowest BCUT2D eigenvalue weighted by atomic mass is 9.80. The Kier molecular flexibility index (Phi) is 5.97. The van der Waals surface area contributed by atoms with E-state index >= 15 is 0 Å². The third-order valence-corrected chi connectivity index (χ3v) is 3.82. The van der Waals surface area contributed by atoms with E-state index in [4.69, 9.17) is 23.2 Å². The van der Waals surface area contributed by atoms with Crippen LogP contribution in [0.25, 0.3) is 0 Å². The Morgan fingerprint density at radius 1 is 1.22 bits per heavy atom. The van der Waals surface area contributed by atoms with Gasteiger partial charge in [-0.05, 0) is 49.4 Å². The molecule has 0 aliphatic rings. The molecule has 3 heteroatoms. The van der Waals surface area contributed by atoms with Crippen molar-refractivity contribution in [2.45, 2.75) is 46.6 Å². The highest BCUT2D eigenvalue weighted by molar-refractivity contribution is 6.42. The quantitative estimate of drug-likeness (QED) is 0.781. The minimum absolute atomic E-state index is 0.249. The molecule has 1 N–H and O–H groups in total. The van der Waals surface area contributed by atoms with Gasteiger partial charge in [0, 0.05) is 6.04 Å². The van der Waals surface area contributed by atoms with Crippen LogP contribution in [0.1, 0.15) is 39.7 Å². The fourth-order valence-corrected chi connectivity index (χ4v) is 2.84. The smallest absolute Gasteiger partial charge is 0.0595 e. The van der Waals surface area contributed by atoms with Gasteiger partial charge in [-0.15, -0.1) is 0 Å². The molecule has 0 radical (unpaired) electrons. The number of hydrogen-bond donors (Lipinski definition) is 1. The molecule has 1 aromatic carbocycles. The molecule has 0 bridgehead atoms. The molecule has 18 heavy (non-hydrogen) atoms. The van der Waals surface area contributed by atoms with E-state index in [1.54, 1.807) is 0 Å². The van der Waals surface area contributed by atoms with Crippen LogP contribution >= 0.6 is 23.2 Å². The first-order chi connectivity index (χ1) is 8.34. The van der Waals surface area contributed by atoms with E-state index in [-0.39, 0.29) is 5.41 Å². The summed E-state index contributed by atoms with van der Waals surface area (Å²) in [6.07, 6.45) is 2.15. The highest BCUT2D eigenvalue weighted by Gasteiger charge is 2.21. The van der Waals surface area contributed by atoms with E-state index in [1.165, 1.54) is 5.56 Å². The molecule has 0 heterocycles.